The molecule has 0 aliphatic rings. The Bertz CT molecular complexity index is 1580. The largest absolute Gasteiger partial charge is 0.472 e. The van der Waals surface area contributed by atoms with Crippen LogP contribution in [0.3, 0.4) is 0 Å². The average Bonchev–Trinajstić information content (AvgIpc) is 3.38. The van der Waals surface area contributed by atoms with Crippen molar-refractivity contribution in [2.24, 2.45) is 0 Å². The Morgan fingerprint density at radius 1 is 0.461 bits per heavy atom. The number of quaternary nitrogens is 1. The molecule has 0 aromatic rings. The molecule has 1 amide bonds. The first-order chi connectivity index (χ1) is 36.9. The van der Waals surface area contributed by atoms with Crippen molar-refractivity contribution in [2.45, 2.75) is 283 Å². The van der Waals surface area contributed by atoms with Crippen LogP contribution in [-0.4, -0.2) is 74.3 Å². The minimum absolute atomic E-state index is 0.0319. The summed E-state index contributed by atoms with van der Waals surface area (Å²) in [7, 11) is 1.47. The Hall–Kier alpha value is -2.81. The van der Waals surface area contributed by atoms with Crippen molar-refractivity contribution >= 4 is 19.7 Å². The Kier molecular flexibility index (Phi) is 53.5. The second-order valence-corrected chi connectivity index (χ2v) is 23.7. The maximum atomic E-state index is 13.5. The van der Waals surface area contributed by atoms with Crippen LogP contribution >= 0.6 is 7.82 Å². The first kappa shape index (κ1) is 73.2. The predicted molar refractivity (Wildman–Crippen MR) is 328 cm³/mol. The van der Waals surface area contributed by atoms with Crippen LogP contribution in [0.25, 0.3) is 0 Å². The van der Waals surface area contributed by atoms with Crippen molar-refractivity contribution in [3.05, 3.63) is 85.1 Å². The molecule has 10 heteroatoms. The number of hydrogen-bond donors (Lipinski definition) is 2. The van der Waals surface area contributed by atoms with Crippen LogP contribution in [0.15, 0.2) is 85.1 Å². The molecule has 0 spiro atoms. The topological polar surface area (TPSA) is 111 Å². The van der Waals surface area contributed by atoms with Gasteiger partial charge in [-0.15, -0.1) is 0 Å². The molecule has 0 bridgehead atoms. The number of allylic oxidation sites excluding steroid dienone is 13. The van der Waals surface area contributed by atoms with Crippen molar-refractivity contribution in [3.63, 3.8) is 0 Å². The highest BCUT2D eigenvalue weighted by Gasteiger charge is 2.30. The Labute approximate surface area is 469 Å². The molecular formula is C66H120N2O7P+. The van der Waals surface area contributed by atoms with Crippen molar-refractivity contribution < 1.29 is 37.3 Å². The number of ether oxygens (including phenoxy) is 1. The van der Waals surface area contributed by atoms with E-state index in [0.29, 0.717) is 23.9 Å². The zero-order chi connectivity index (χ0) is 55.7. The minimum Gasteiger partial charge on any atom is -0.456 e. The molecule has 0 saturated heterocycles. The van der Waals surface area contributed by atoms with Crippen LogP contribution in [0.4, 0.5) is 0 Å². The third-order valence-electron chi connectivity index (χ3n) is 13.6. The second kappa shape index (κ2) is 55.5. The number of nitrogens with one attached hydrogen (secondary N) is 1. The van der Waals surface area contributed by atoms with E-state index in [0.717, 1.165) is 109 Å². The summed E-state index contributed by atoms with van der Waals surface area (Å²) in [6.45, 7) is 6.94. The highest BCUT2D eigenvalue weighted by Crippen LogP contribution is 2.43. The number of esters is 1. The molecule has 0 heterocycles. The lowest BCUT2D eigenvalue weighted by Crippen LogP contribution is -2.47. The van der Waals surface area contributed by atoms with Gasteiger partial charge < -0.3 is 19.4 Å². The number of carbonyl (C=O) groups excluding carboxylic acids is 2. The van der Waals surface area contributed by atoms with Gasteiger partial charge in [-0.2, -0.15) is 0 Å². The van der Waals surface area contributed by atoms with Crippen LogP contribution in [0.2, 0.25) is 0 Å². The molecule has 0 saturated carbocycles. The van der Waals surface area contributed by atoms with E-state index in [-0.39, 0.29) is 31.5 Å². The van der Waals surface area contributed by atoms with Gasteiger partial charge in [-0.25, -0.2) is 4.57 Å². The minimum atomic E-state index is -4.46. The zero-order valence-electron chi connectivity index (χ0n) is 50.2. The Morgan fingerprint density at radius 3 is 1.22 bits per heavy atom. The quantitative estimate of drug-likeness (QED) is 0.0205. The maximum Gasteiger partial charge on any atom is 0.472 e. The smallest absolute Gasteiger partial charge is 0.456 e. The highest BCUT2D eigenvalue weighted by atomic mass is 31.2. The van der Waals surface area contributed by atoms with E-state index in [9.17, 15) is 19.0 Å². The van der Waals surface area contributed by atoms with Gasteiger partial charge in [0, 0.05) is 12.8 Å². The molecular weight excluding hydrogens is 964 g/mol. The number of likely N-dealkylation sites (N-methyl/N-ethyl adjacent to an activating group) is 1. The summed E-state index contributed by atoms with van der Waals surface area (Å²) in [4.78, 5) is 37.7. The summed E-state index contributed by atoms with van der Waals surface area (Å²) in [6.07, 6.45) is 72.8. The summed E-state index contributed by atoms with van der Waals surface area (Å²) in [6, 6.07) is -0.864. The number of unbranched alkanes of at least 4 members (excludes halogenated alkanes) is 28. The molecule has 76 heavy (non-hydrogen) atoms. The van der Waals surface area contributed by atoms with Gasteiger partial charge in [-0.05, 0) is 109 Å². The average molecular weight is 1080 g/mol. The standard InChI is InChI=1S/C66H119N2O7P/c1-7-10-13-16-19-22-25-28-30-32-33-34-35-37-39-41-44-47-50-53-56-59-66(70)75-64(57-54-51-48-45-42-27-24-21-18-15-12-9-3)63(62-74-76(71,72)73-61-60-68(4,5)6)67-65(69)58-55-52-49-46-43-40-38-36-31-29-26-23-20-17-14-11-8-2/h19-20,22-23,28-31,33-34,37,39,54,57,63-64H,7-18,21,24-27,32,35-36,38,40-53,55-56,58-62H2,1-6H3,(H-,67,69,71,72)/p+1/b22-19-,23-20-,30-28-,31-29-,34-33-,39-37-,57-54+. The van der Waals surface area contributed by atoms with Crippen molar-refractivity contribution in [1.29, 1.82) is 0 Å². The summed E-state index contributed by atoms with van der Waals surface area (Å²) in [5, 5.41) is 3.05. The van der Waals surface area contributed by atoms with Gasteiger partial charge in [-0.3, -0.25) is 18.6 Å². The molecule has 0 aromatic heterocycles. The maximum absolute atomic E-state index is 13.5. The number of carbonyl (C=O) groups is 2. The van der Waals surface area contributed by atoms with Crippen molar-refractivity contribution in [3.8, 4) is 0 Å². The van der Waals surface area contributed by atoms with Gasteiger partial charge in [0.25, 0.3) is 0 Å². The van der Waals surface area contributed by atoms with Gasteiger partial charge in [-0.1, -0.05) is 235 Å². The molecule has 3 atom stereocenters. The number of amides is 1. The van der Waals surface area contributed by atoms with E-state index in [1.54, 1.807) is 0 Å². The van der Waals surface area contributed by atoms with Crippen molar-refractivity contribution in [2.75, 3.05) is 40.9 Å². The second-order valence-electron chi connectivity index (χ2n) is 22.2. The van der Waals surface area contributed by atoms with Crippen molar-refractivity contribution in [1.82, 2.24) is 5.32 Å². The van der Waals surface area contributed by atoms with Gasteiger partial charge in [0.1, 0.15) is 19.3 Å². The molecule has 2 N–H and O–H groups in total. The molecule has 440 valence electrons. The summed E-state index contributed by atoms with van der Waals surface area (Å²) < 4.78 is 30.7. The van der Waals surface area contributed by atoms with E-state index in [4.69, 9.17) is 13.8 Å². The fraction of sp³-hybridized carbons (Fsp3) is 0.758. The molecule has 0 fully saturated rings. The molecule has 0 aliphatic heterocycles. The van der Waals surface area contributed by atoms with Gasteiger partial charge in [0.15, 0.2) is 0 Å². The lowest BCUT2D eigenvalue weighted by molar-refractivity contribution is -0.870. The van der Waals surface area contributed by atoms with Crippen LogP contribution in [0, 0.1) is 0 Å². The van der Waals surface area contributed by atoms with Gasteiger partial charge in [0.2, 0.25) is 5.91 Å². The number of nitrogens with zero attached hydrogens (tertiary/aromatic N) is 1. The Morgan fingerprint density at radius 2 is 0.803 bits per heavy atom. The van der Waals surface area contributed by atoms with Crippen LogP contribution in [0.5, 0.6) is 0 Å². The molecule has 0 rings (SSSR count). The molecule has 0 radical (unpaired) electrons. The Balaban J connectivity index is 5.30. The van der Waals surface area contributed by atoms with Gasteiger partial charge >= 0.3 is 13.8 Å². The predicted octanol–water partition coefficient (Wildman–Crippen LogP) is 19.4. The summed E-state index contributed by atoms with van der Waals surface area (Å²) >= 11 is 0. The zero-order valence-corrected chi connectivity index (χ0v) is 51.1. The first-order valence-corrected chi connectivity index (χ1v) is 32.9. The summed E-state index contributed by atoms with van der Waals surface area (Å²) in [5.41, 5.74) is 0. The molecule has 0 aliphatic carbocycles. The lowest BCUT2D eigenvalue weighted by atomic mass is 10.0. The van der Waals surface area contributed by atoms with Crippen LogP contribution in [-0.2, 0) is 27.9 Å². The van der Waals surface area contributed by atoms with E-state index in [2.05, 4.69) is 99.0 Å². The van der Waals surface area contributed by atoms with E-state index >= 15 is 0 Å². The highest BCUT2D eigenvalue weighted by molar-refractivity contribution is 7.47. The van der Waals surface area contributed by atoms with Crippen LogP contribution in [0.1, 0.15) is 271 Å². The number of rotatable bonds is 56. The molecule has 0 aromatic carbocycles. The third-order valence-corrected chi connectivity index (χ3v) is 14.5. The van der Waals surface area contributed by atoms with E-state index < -0.39 is 20.0 Å². The van der Waals surface area contributed by atoms with Crippen LogP contribution < -0.4 is 5.32 Å². The fourth-order valence-corrected chi connectivity index (χ4v) is 9.39. The molecule has 9 nitrogen and oxygen atoms in total. The first-order valence-electron chi connectivity index (χ1n) is 31.4. The normalized spacial score (nSPS) is 14.2. The van der Waals surface area contributed by atoms with E-state index in [1.165, 1.54) is 122 Å². The number of phosphoric ester groups is 1. The SMILES string of the molecule is CCCCC/C=C\C/C=C\C/C=C\C/C=C\CCCCCCCC(=O)OC(/C=C/CCCCCCCCCCCC)C(COP(=O)(O)OCC[N+](C)(C)C)NC(=O)CCCCCCCCC/C=C\C/C=C\CCCCC. The van der Waals surface area contributed by atoms with E-state index in [1.807, 2.05) is 33.3 Å². The lowest BCUT2D eigenvalue weighted by Gasteiger charge is -2.27. The monoisotopic (exact) mass is 1080 g/mol. The fourth-order valence-electron chi connectivity index (χ4n) is 8.66. The number of phosphoric acid groups is 1. The summed E-state index contributed by atoms with van der Waals surface area (Å²) in [5.74, 6) is -0.535. The third kappa shape index (κ3) is 55.9. The molecule has 3 unspecified atom stereocenters. The van der Waals surface area contributed by atoms with Gasteiger partial charge in [0.05, 0.1) is 33.8 Å². The number of hydrogen-bond acceptors (Lipinski definition) is 6.